The van der Waals surface area contributed by atoms with E-state index >= 15 is 0 Å². The Labute approximate surface area is 185 Å². The van der Waals surface area contributed by atoms with Crippen molar-refractivity contribution in [3.63, 3.8) is 0 Å². The summed E-state index contributed by atoms with van der Waals surface area (Å²) >= 11 is 0. The summed E-state index contributed by atoms with van der Waals surface area (Å²) in [6, 6.07) is 12.4. The largest absolute Gasteiger partial charge is 0.364 e. The second-order valence-electron chi connectivity index (χ2n) is 8.37. The number of halogens is 2. The second kappa shape index (κ2) is 8.67. The molecule has 3 atom stereocenters. The van der Waals surface area contributed by atoms with Crippen molar-refractivity contribution in [1.82, 2.24) is 14.5 Å². The zero-order chi connectivity index (χ0) is 23.0. The third-order valence-electron chi connectivity index (χ3n) is 6.33. The standard InChI is InChI=1S/C24H25F2N5O/c1-15-14-31(22(11-25)17-4-6-18(26)7-5-17)16(2)13-30(15)21-10-23(32)29(3)20-9-8-19(12-27)28-24(20)21/h4-10,15-16,22H,11,13-14H2,1-3H3/t15-,16+,22?/m0/s1. The molecule has 4 rings (SSSR count). The van der Waals surface area contributed by atoms with Gasteiger partial charge in [-0.3, -0.25) is 9.69 Å². The van der Waals surface area contributed by atoms with Gasteiger partial charge >= 0.3 is 0 Å². The maximum absolute atomic E-state index is 14.1. The van der Waals surface area contributed by atoms with Crippen LogP contribution in [0.3, 0.4) is 0 Å². The van der Waals surface area contributed by atoms with Gasteiger partial charge in [0.25, 0.3) is 5.56 Å². The van der Waals surface area contributed by atoms with Crippen LogP contribution in [-0.4, -0.2) is 46.3 Å². The maximum Gasteiger partial charge on any atom is 0.252 e. The summed E-state index contributed by atoms with van der Waals surface area (Å²) in [5.74, 6) is -0.348. The van der Waals surface area contributed by atoms with E-state index in [9.17, 15) is 18.8 Å². The summed E-state index contributed by atoms with van der Waals surface area (Å²) < 4.78 is 29.0. The summed E-state index contributed by atoms with van der Waals surface area (Å²) in [6.07, 6.45) is 0. The molecule has 8 heteroatoms. The number of hydrogen-bond donors (Lipinski definition) is 0. The summed E-state index contributed by atoms with van der Waals surface area (Å²) in [5.41, 5.74) is 2.79. The molecule has 0 N–H and O–H groups in total. The summed E-state index contributed by atoms with van der Waals surface area (Å²) in [6.45, 7) is 4.57. The number of alkyl halides is 1. The van der Waals surface area contributed by atoms with Gasteiger partial charge < -0.3 is 9.47 Å². The van der Waals surface area contributed by atoms with Crippen LogP contribution in [0.25, 0.3) is 11.0 Å². The Morgan fingerprint density at radius 3 is 2.53 bits per heavy atom. The molecule has 1 unspecified atom stereocenters. The van der Waals surface area contributed by atoms with E-state index in [1.54, 1.807) is 37.4 Å². The number of rotatable bonds is 4. The Bertz CT molecular complexity index is 1230. The lowest BCUT2D eigenvalue weighted by molar-refractivity contribution is 0.0925. The highest BCUT2D eigenvalue weighted by Gasteiger charge is 2.35. The van der Waals surface area contributed by atoms with Crippen LogP contribution in [0, 0.1) is 17.1 Å². The first kappa shape index (κ1) is 21.9. The third-order valence-corrected chi connectivity index (χ3v) is 6.33. The molecule has 3 aromatic rings. The maximum atomic E-state index is 14.1. The molecule has 1 fully saturated rings. The van der Waals surface area contributed by atoms with Crippen molar-refractivity contribution in [3.8, 4) is 6.07 Å². The number of piperazine rings is 1. The van der Waals surface area contributed by atoms with Crippen molar-refractivity contribution >= 4 is 16.7 Å². The fourth-order valence-electron chi connectivity index (χ4n) is 4.57. The molecule has 0 spiro atoms. The first-order valence-electron chi connectivity index (χ1n) is 10.6. The Balaban J connectivity index is 1.70. The van der Waals surface area contributed by atoms with Crippen LogP contribution >= 0.6 is 0 Å². The van der Waals surface area contributed by atoms with E-state index in [2.05, 4.69) is 20.9 Å². The lowest BCUT2D eigenvalue weighted by Crippen LogP contribution is -2.57. The molecule has 6 nitrogen and oxygen atoms in total. The number of anilines is 1. The third kappa shape index (κ3) is 3.84. The van der Waals surface area contributed by atoms with Gasteiger partial charge in [-0.15, -0.1) is 0 Å². The van der Waals surface area contributed by atoms with Crippen molar-refractivity contribution in [2.45, 2.75) is 32.0 Å². The fourth-order valence-corrected chi connectivity index (χ4v) is 4.57. The number of fused-ring (bicyclic) bond motifs is 1. The first-order valence-corrected chi connectivity index (χ1v) is 10.6. The molecule has 0 aliphatic carbocycles. The Morgan fingerprint density at radius 1 is 1.16 bits per heavy atom. The fraction of sp³-hybridized carbons (Fsp3) is 0.375. The Kier molecular flexibility index (Phi) is 5.94. The monoisotopic (exact) mass is 437 g/mol. The zero-order valence-corrected chi connectivity index (χ0v) is 18.3. The van der Waals surface area contributed by atoms with Crippen LogP contribution in [0.4, 0.5) is 14.5 Å². The Hall–Kier alpha value is -3.31. The Morgan fingerprint density at radius 2 is 1.88 bits per heavy atom. The van der Waals surface area contributed by atoms with Crippen LogP contribution in [0.1, 0.15) is 31.1 Å². The van der Waals surface area contributed by atoms with Gasteiger partial charge in [0.05, 0.1) is 17.2 Å². The van der Waals surface area contributed by atoms with Gasteiger partial charge in [0.1, 0.15) is 29.8 Å². The lowest BCUT2D eigenvalue weighted by Gasteiger charge is -2.48. The van der Waals surface area contributed by atoms with Crippen LogP contribution < -0.4 is 10.5 Å². The van der Waals surface area contributed by atoms with Gasteiger partial charge in [0, 0.05) is 38.3 Å². The lowest BCUT2D eigenvalue weighted by atomic mass is 9.99. The van der Waals surface area contributed by atoms with E-state index < -0.39 is 12.7 Å². The topological polar surface area (TPSA) is 65.2 Å². The normalized spacial score (nSPS) is 20.3. The van der Waals surface area contributed by atoms with E-state index in [0.717, 1.165) is 5.56 Å². The van der Waals surface area contributed by atoms with Gasteiger partial charge in [-0.25, -0.2) is 13.8 Å². The van der Waals surface area contributed by atoms with Crippen molar-refractivity contribution in [2.24, 2.45) is 7.05 Å². The molecule has 0 radical (unpaired) electrons. The van der Waals surface area contributed by atoms with E-state index in [4.69, 9.17) is 0 Å². The minimum atomic E-state index is -0.579. The smallest absolute Gasteiger partial charge is 0.252 e. The van der Waals surface area contributed by atoms with E-state index in [1.165, 1.54) is 16.7 Å². The molecule has 2 aromatic heterocycles. The van der Waals surface area contributed by atoms with Crippen LogP contribution in [-0.2, 0) is 7.05 Å². The SMILES string of the molecule is C[C@@H]1CN(c2cc(=O)n(C)c3ccc(C#N)nc23)[C@@H](C)CN1C(CF)c1ccc(F)cc1. The van der Waals surface area contributed by atoms with Crippen molar-refractivity contribution < 1.29 is 8.78 Å². The molecule has 1 aromatic carbocycles. The van der Waals surface area contributed by atoms with Crippen molar-refractivity contribution in [3.05, 3.63) is 69.9 Å². The highest BCUT2D eigenvalue weighted by atomic mass is 19.1. The number of nitrogens with zero attached hydrogens (tertiary/aromatic N) is 5. The number of hydrogen-bond acceptors (Lipinski definition) is 5. The molecule has 166 valence electrons. The van der Waals surface area contributed by atoms with E-state index in [1.807, 2.05) is 13.8 Å². The average Bonchev–Trinajstić information content (AvgIpc) is 2.79. The van der Waals surface area contributed by atoms with Crippen molar-refractivity contribution in [1.29, 1.82) is 5.26 Å². The predicted molar refractivity (Wildman–Crippen MR) is 120 cm³/mol. The quantitative estimate of drug-likeness (QED) is 0.625. The molecular formula is C24H25F2N5O. The van der Waals surface area contributed by atoms with Gasteiger partial charge in [0.15, 0.2) is 0 Å². The highest BCUT2D eigenvalue weighted by molar-refractivity contribution is 5.89. The van der Waals surface area contributed by atoms with Gasteiger partial charge in [-0.05, 0) is 43.7 Å². The molecule has 0 bridgehead atoms. The summed E-state index contributed by atoms with van der Waals surface area (Å²) in [5, 5.41) is 9.30. The van der Waals surface area contributed by atoms with E-state index in [-0.39, 0.29) is 29.2 Å². The number of benzene rings is 1. The van der Waals surface area contributed by atoms with Gasteiger partial charge in [-0.2, -0.15) is 5.26 Å². The number of pyridine rings is 2. The molecule has 1 aliphatic rings. The second-order valence-corrected chi connectivity index (χ2v) is 8.37. The van der Waals surface area contributed by atoms with Gasteiger partial charge in [0.2, 0.25) is 0 Å². The molecule has 0 saturated carbocycles. The molecule has 1 aliphatic heterocycles. The minimum Gasteiger partial charge on any atom is -0.364 e. The minimum absolute atomic E-state index is 0.0322. The zero-order valence-electron chi connectivity index (χ0n) is 18.3. The highest BCUT2D eigenvalue weighted by Crippen LogP contribution is 2.32. The van der Waals surface area contributed by atoms with E-state index in [0.29, 0.717) is 29.8 Å². The molecule has 1 saturated heterocycles. The number of aryl methyl sites for hydroxylation is 1. The van der Waals surface area contributed by atoms with Crippen LogP contribution in [0.2, 0.25) is 0 Å². The summed E-state index contributed by atoms with van der Waals surface area (Å²) in [4.78, 5) is 21.3. The number of nitriles is 1. The first-order chi connectivity index (χ1) is 15.3. The summed E-state index contributed by atoms with van der Waals surface area (Å²) in [7, 11) is 1.68. The number of aromatic nitrogens is 2. The van der Waals surface area contributed by atoms with Crippen molar-refractivity contribution in [2.75, 3.05) is 24.7 Å². The molecule has 3 heterocycles. The van der Waals surface area contributed by atoms with Crippen LogP contribution in [0.5, 0.6) is 0 Å². The predicted octanol–water partition coefficient (Wildman–Crippen LogP) is 3.55. The van der Waals surface area contributed by atoms with Crippen LogP contribution in [0.15, 0.2) is 47.3 Å². The molecular weight excluding hydrogens is 412 g/mol. The average molecular weight is 437 g/mol. The van der Waals surface area contributed by atoms with Gasteiger partial charge in [-0.1, -0.05) is 12.1 Å². The molecule has 0 amide bonds. The molecule has 32 heavy (non-hydrogen) atoms.